The second-order valence-electron chi connectivity index (χ2n) is 6.09. The van der Waals surface area contributed by atoms with Gasteiger partial charge in [-0.05, 0) is 6.42 Å². The Kier molecular flexibility index (Phi) is 38.4. The van der Waals surface area contributed by atoms with E-state index in [1.54, 1.807) is 0 Å². The summed E-state index contributed by atoms with van der Waals surface area (Å²) in [6.45, 7) is 2.27. The van der Waals surface area contributed by atoms with Crippen molar-refractivity contribution in [3.8, 4) is 0 Å². The van der Waals surface area contributed by atoms with Crippen LogP contribution in [0.15, 0.2) is 0 Å². The predicted octanol–water partition coefficient (Wildman–Crippen LogP) is 6.75. The zero-order valence-corrected chi connectivity index (χ0v) is 22.2. The largest absolute Gasteiger partial charge is 0.481 e. The summed E-state index contributed by atoms with van der Waals surface area (Å²) in [4.78, 5) is 10.3. The number of carboxylic acid groups (broad SMARTS) is 1. The second-order valence-corrected chi connectivity index (χ2v) is 6.09. The van der Waals surface area contributed by atoms with Crippen LogP contribution in [0.25, 0.3) is 0 Å². The molecule has 0 aliphatic rings. The van der Waals surface area contributed by atoms with Crippen LogP contribution < -0.4 is 0 Å². The van der Waals surface area contributed by atoms with Gasteiger partial charge in [0.2, 0.25) is 0 Å². The van der Waals surface area contributed by atoms with Crippen LogP contribution in [-0.4, -0.2) is 11.1 Å². The van der Waals surface area contributed by atoms with Crippen molar-refractivity contribution < 1.29 is 48.9 Å². The molecule has 0 radical (unpaired) electrons. The molecule has 0 aromatic carbocycles. The van der Waals surface area contributed by atoms with Gasteiger partial charge in [0.15, 0.2) is 0 Å². The molecule has 0 aliphatic heterocycles. The standard InChI is InChI=1S/C18H36O2.ClH.2Zn/c1-2-3-4-5-6-7-8-9-10-11-12-13-14-15-16-17-18(19)20;;;/h2-17H2,1H3,(H,19,20);1H;;. The molecular weight excluding hydrogens is 414 g/mol. The van der Waals surface area contributed by atoms with Crippen molar-refractivity contribution >= 4 is 18.4 Å². The number of hydrogen-bond donors (Lipinski definition) is 1. The van der Waals surface area contributed by atoms with E-state index in [1.165, 1.54) is 83.5 Å². The first-order valence-corrected chi connectivity index (χ1v) is 8.99. The van der Waals surface area contributed by atoms with E-state index in [9.17, 15) is 4.79 Å². The minimum atomic E-state index is -0.653. The quantitative estimate of drug-likeness (QED) is 0.208. The van der Waals surface area contributed by atoms with E-state index in [2.05, 4.69) is 6.92 Å². The Morgan fingerprint density at radius 3 is 1.13 bits per heavy atom. The number of rotatable bonds is 16. The van der Waals surface area contributed by atoms with E-state index in [-0.39, 0.29) is 51.4 Å². The first kappa shape index (κ1) is 31.7. The first-order chi connectivity index (χ1) is 9.77. The molecule has 1 N–H and O–H groups in total. The van der Waals surface area contributed by atoms with Crippen LogP contribution in [0.5, 0.6) is 0 Å². The Morgan fingerprint density at radius 1 is 0.609 bits per heavy atom. The molecule has 0 aromatic rings. The van der Waals surface area contributed by atoms with Gasteiger partial charge in [-0.1, -0.05) is 96.8 Å². The van der Waals surface area contributed by atoms with Crippen molar-refractivity contribution in [1.29, 1.82) is 0 Å². The summed E-state index contributed by atoms with van der Waals surface area (Å²) >= 11 is 0. The van der Waals surface area contributed by atoms with Gasteiger partial charge < -0.3 is 5.11 Å². The number of hydrogen-bond acceptors (Lipinski definition) is 1. The Balaban J connectivity index is -0.000000602. The fourth-order valence-corrected chi connectivity index (χ4v) is 2.65. The molecule has 2 nitrogen and oxygen atoms in total. The third-order valence-electron chi connectivity index (χ3n) is 3.99. The summed E-state index contributed by atoms with van der Waals surface area (Å²) in [6.07, 6.45) is 20.2. The molecule has 0 unspecified atom stereocenters. The predicted molar refractivity (Wildman–Crippen MR) is 94.4 cm³/mol. The molecule has 5 heteroatoms. The van der Waals surface area contributed by atoms with Crippen LogP contribution in [0.4, 0.5) is 0 Å². The molecule has 0 amide bonds. The molecule has 132 valence electrons. The molecule has 0 rings (SSSR count). The van der Waals surface area contributed by atoms with E-state index in [0.717, 1.165) is 12.8 Å². The summed E-state index contributed by atoms with van der Waals surface area (Å²) in [5.74, 6) is -0.653. The van der Waals surface area contributed by atoms with Crippen LogP contribution in [0.1, 0.15) is 110 Å². The number of carbonyl (C=O) groups is 1. The van der Waals surface area contributed by atoms with Crippen molar-refractivity contribution in [2.75, 3.05) is 0 Å². The van der Waals surface area contributed by atoms with Crippen LogP contribution >= 0.6 is 12.4 Å². The van der Waals surface area contributed by atoms with Crippen LogP contribution in [0.3, 0.4) is 0 Å². The molecular formula is C18H37ClO2Zn2. The zero-order valence-electron chi connectivity index (χ0n) is 15.5. The third-order valence-corrected chi connectivity index (χ3v) is 3.99. The van der Waals surface area contributed by atoms with Crippen molar-refractivity contribution in [1.82, 2.24) is 0 Å². The average molecular weight is 452 g/mol. The molecule has 0 fully saturated rings. The maximum Gasteiger partial charge on any atom is 0.303 e. The van der Waals surface area contributed by atoms with E-state index in [4.69, 9.17) is 5.11 Å². The average Bonchev–Trinajstić information content (AvgIpc) is 2.43. The molecule has 0 heterocycles. The zero-order chi connectivity index (χ0) is 14.9. The van der Waals surface area contributed by atoms with Gasteiger partial charge in [0.1, 0.15) is 0 Å². The number of aliphatic carboxylic acids is 1. The topological polar surface area (TPSA) is 37.3 Å². The minimum absolute atomic E-state index is 0. The summed E-state index contributed by atoms with van der Waals surface area (Å²) in [5.41, 5.74) is 0. The van der Waals surface area contributed by atoms with Crippen LogP contribution in [0, 0.1) is 0 Å². The fraction of sp³-hybridized carbons (Fsp3) is 0.944. The SMILES string of the molecule is CCCCCCCCCCCCCCCCCC(=O)O.Cl.[Zn].[Zn]. The van der Waals surface area contributed by atoms with Gasteiger partial charge in [-0.3, -0.25) is 4.79 Å². The van der Waals surface area contributed by atoms with E-state index < -0.39 is 5.97 Å². The van der Waals surface area contributed by atoms with Gasteiger partial charge in [-0.25, -0.2) is 0 Å². The Morgan fingerprint density at radius 2 is 0.870 bits per heavy atom. The van der Waals surface area contributed by atoms with Gasteiger partial charge in [0.05, 0.1) is 0 Å². The molecule has 0 saturated carbocycles. The normalized spacial score (nSPS) is 9.43. The first-order valence-electron chi connectivity index (χ1n) is 8.99. The van der Waals surface area contributed by atoms with Gasteiger partial charge in [0, 0.05) is 45.4 Å². The van der Waals surface area contributed by atoms with Crippen molar-refractivity contribution in [2.24, 2.45) is 0 Å². The second kappa shape index (κ2) is 27.8. The van der Waals surface area contributed by atoms with Crippen LogP contribution in [-0.2, 0) is 43.8 Å². The maximum absolute atomic E-state index is 10.3. The van der Waals surface area contributed by atoms with Crippen molar-refractivity contribution in [3.05, 3.63) is 0 Å². The van der Waals surface area contributed by atoms with Crippen molar-refractivity contribution in [2.45, 2.75) is 110 Å². The maximum atomic E-state index is 10.3. The van der Waals surface area contributed by atoms with Gasteiger partial charge in [-0.15, -0.1) is 12.4 Å². The summed E-state index contributed by atoms with van der Waals surface area (Å²) in [7, 11) is 0. The smallest absolute Gasteiger partial charge is 0.303 e. The Hall–Kier alpha value is 1.01. The molecule has 0 saturated heterocycles. The van der Waals surface area contributed by atoms with E-state index >= 15 is 0 Å². The van der Waals surface area contributed by atoms with Crippen molar-refractivity contribution in [3.63, 3.8) is 0 Å². The Bertz CT molecular complexity index is 217. The molecule has 0 aromatic heterocycles. The summed E-state index contributed by atoms with van der Waals surface area (Å²) < 4.78 is 0. The third kappa shape index (κ3) is 31.3. The molecule has 0 spiro atoms. The van der Waals surface area contributed by atoms with Crippen LogP contribution in [0.2, 0.25) is 0 Å². The number of unbranched alkanes of at least 4 members (excludes halogenated alkanes) is 14. The Labute approximate surface area is 176 Å². The van der Waals surface area contributed by atoms with E-state index in [0.29, 0.717) is 6.42 Å². The minimum Gasteiger partial charge on any atom is -0.481 e. The van der Waals surface area contributed by atoms with E-state index in [1.807, 2.05) is 0 Å². The molecule has 0 aliphatic carbocycles. The molecule has 23 heavy (non-hydrogen) atoms. The fourth-order valence-electron chi connectivity index (χ4n) is 2.65. The number of carboxylic acids is 1. The summed E-state index contributed by atoms with van der Waals surface area (Å²) in [5, 5.41) is 8.52. The monoisotopic (exact) mass is 448 g/mol. The van der Waals surface area contributed by atoms with Gasteiger partial charge >= 0.3 is 5.97 Å². The molecule has 0 bridgehead atoms. The van der Waals surface area contributed by atoms with Gasteiger partial charge in [-0.2, -0.15) is 0 Å². The number of halogens is 1. The molecule has 0 atom stereocenters. The summed E-state index contributed by atoms with van der Waals surface area (Å²) in [6, 6.07) is 0. The van der Waals surface area contributed by atoms with Gasteiger partial charge in [0.25, 0.3) is 0 Å².